The minimum absolute atomic E-state index is 0.0335. The van der Waals surface area contributed by atoms with Gasteiger partial charge in [-0.2, -0.15) is 5.26 Å². The molecule has 1 unspecified atom stereocenters. The highest BCUT2D eigenvalue weighted by Crippen LogP contribution is 2.10. The maximum absolute atomic E-state index is 11.3. The molecule has 1 aliphatic rings. The summed E-state index contributed by atoms with van der Waals surface area (Å²) >= 11 is 0. The summed E-state index contributed by atoms with van der Waals surface area (Å²) in [6.07, 6.45) is 2.95. The highest BCUT2D eigenvalue weighted by atomic mass is 16.1. The zero-order valence-electron chi connectivity index (χ0n) is 10.5. The van der Waals surface area contributed by atoms with Gasteiger partial charge in [0.05, 0.1) is 19.0 Å². The van der Waals surface area contributed by atoms with Crippen LogP contribution in [0.5, 0.6) is 0 Å². The van der Waals surface area contributed by atoms with Crippen molar-refractivity contribution >= 4 is 5.91 Å². The van der Waals surface area contributed by atoms with Crippen LogP contribution in [-0.2, 0) is 4.79 Å². The minimum atomic E-state index is -0.0335. The summed E-state index contributed by atoms with van der Waals surface area (Å²) < 4.78 is 0. The van der Waals surface area contributed by atoms with Crippen LogP contribution in [0.1, 0.15) is 26.2 Å². The molecule has 1 saturated heterocycles. The molecule has 1 rings (SSSR count). The number of nitrogens with zero attached hydrogens (tertiary/aromatic N) is 2. The van der Waals surface area contributed by atoms with Crippen molar-refractivity contribution in [3.63, 3.8) is 0 Å². The molecule has 1 fully saturated rings. The number of hydrogen-bond donors (Lipinski definition) is 2. The average Bonchev–Trinajstić information content (AvgIpc) is 2.82. The molecular weight excluding hydrogens is 216 g/mol. The SMILES string of the molecule is CC(CNCC(=O)NCCC#N)N1CCCC1. The maximum atomic E-state index is 11.3. The van der Waals surface area contributed by atoms with Crippen molar-refractivity contribution in [3.8, 4) is 6.07 Å². The zero-order valence-corrected chi connectivity index (χ0v) is 10.5. The van der Waals surface area contributed by atoms with Crippen molar-refractivity contribution in [3.05, 3.63) is 0 Å². The molecule has 5 heteroatoms. The van der Waals surface area contributed by atoms with Crippen LogP contribution in [0.3, 0.4) is 0 Å². The van der Waals surface area contributed by atoms with Gasteiger partial charge >= 0.3 is 0 Å². The molecule has 1 aliphatic heterocycles. The van der Waals surface area contributed by atoms with Crippen LogP contribution >= 0.6 is 0 Å². The standard InChI is InChI=1S/C12H22N4O/c1-11(16-7-2-3-8-16)9-14-10-12(17)15-6-4-5-13/h11,14H,2-4,6-10H2,1H3,(H,15,17). The van der Waals surface area contributed by atoms with Crippen LogP contribution in [0.2, 0.25) is 0 Å². The quantitative estimate of drug-likeness (QED) is 0.617. The van der Waals surface area contributed by atoms with Gasteiger partial charge in [-0.1, -0.05) is 0 Å². The van der Waals surface area contributed by atoms with Crippen LogP contribution in [0.15, 0.2) is 0 Å². The van der Waals surface area contributed by atoms with E-state index in [4.69, 9.17) is 5.26 Å². The Hall–Kier alpha value is -1.12. The van der Waals surface area contributed by atoms with Crippen molar-refractivity contribution in [2.75, 3.05) is 32.7 Å². The lowest BCUT2D eigenvalue weighted by Crippen LogP contribution is -2.42. The first-order chi connectivity index (χ1) is 8.24. The van der Waals surface area contributed by atoms with Gasteiger partial charge in [-0.05, 0) is 32.9 Å². The molecular formula is C12H22N4O. The molecule has 0 aromatic rings. The monoisotopic (exact) mass is 238 g/mol. The van der Waals surface area contributed by atoms with Gasteiger partial charge in [0.15, 0.2) is 0 Å². The maximum Gasteiger partial charge on any atom is 0.233 e. The van der Waals surface area contributed by atoms with Crippen molar-refractivity contribution < 1.29 is 4.79 Å². The Labute approximate surface area is 103 Å². The second-order valence-electron chi connectivity index (χ2n) is 4.48. The molecule has 0 radical (unpaired) electrons. The summed E-state index contributed by atoms with van der Waals surface area (Å²) in [5, 5.41) is 14.2. The molecule has 2 N–H and O–H groups in total. The summed E-state index contributed by atoms with van der Waals surface area (Å²) in [4.78, 5) is 13.8. The fourth-order valence-corrected chi connectivity index (χ4v) is 2.03. The van der Waals surface area contributed by atoms with Gasteiger partial charge in [-0.25, -0.2) is 0 Å². The smallest absolute Gasteiger partial charge is 0.233 e. The van der Waals surface area contributed by atoms with Gasteiger partial charge < -0.3 is 10.6 Å². The number of carbonyl (C=O) groups is 1. The summed E-state index contributed by atoms with van der Waals surface area (Å²) in [6, 6.07) is 2.48. The first-order valence-corrected chi connectivity index (χ1v) is 6.32. The second kappa shape index (κ2) is 8.04. The minimum Gasteiger partial charge on any atom is -0.354 e. The van der Waals surface area contributed by atoms with Crippen LogP contribution in [-0.4, -0.2) is 49.6 Å². The lowest BCUT2D eigenvalue weighted by atomic mass is 10.3. The van der Waals surface area contributed by atoms with Gasteiger partial charge in [-0.15, -0.1) is 0 Å². The number of hydrogen-bond acceptors (Lipinski definition) is 4. The van der Waals surface area contributed by atoms with Gasteiger partial charge in [0.25, 0.3) is 0 Å². The van der Waals surface area contributed by atoms with E-state index in [1.807, 2.05) is 6.07 Å². The molecule has 17 heavy (non-hydrogen) atoms. The Morgan fingerprint density at radius 1 is 1.47 bits per heavy atom. The molecule has 5 nitrogen and oxygen atoms in total. The Kier molecular flexibility index (Phi) is 6.60. The van der Waals surface area contributed by atoms with E-state index in [-0.39, 0.29) is 5.91 Å². The summed E-state index contributed by atoms with van der Waals surface area (Å²) in [6.45, 7) is 6.16. The number of carbonyl (C=O) groups excluding carboxylic acids is 1. The Morgan fingerprint density at radius 3 is 2.82 bits per heavy atom. The molecule has 0 aliphatic carbocycles. The van der Waals surface area contributed by atoms with E-state index in [0.29, 0.717) is 25.6 Å². The topological polar surface area (TPSA) is 68.2 Å². The van der Waals surface area contributed by atoms with E-state index in [9.17, 15) is 4.79 Å². The zero-order chi connectivity index (χ0) is 12.5. The van der Waals surface area contributed by atoms with Gasteiger partial charge in [0.2, 0.25) is 5.91 Å². The Bertz CT molecular complexity index is 268. The molecule has 96 valence electrons. The van der Waals surface area contributed by atoms with E-state index in [2.05, 4.69) is 22.5 Å². The summed E-state index contributed by atoms with van der Waals surface area (Å²) in [7, 11) is 0. The number of nitriles is 1. The molecule has 0 saturated carbocycles. The normalized spacial score (nSPS) is 17.6. The molecule has 1 atom stereocenters. The third kappa shape index (κ3) is 5.66. The summed E-state index contributed by atoms with van der Waals surface area (Å²) in [5.41, 5.74) is 0. The first kappa shape index (κ1) is 13.9. The van der Waals surface area contributed by atoms with Gasteiger partial charge in [-0.3, -0.25) is 9.69 Å². The Morgan fingerprint density at radius 2 is 2.18 bits per heavy atom. The molecule has 1 heterocycles. The molecule has 0 aromatic carbocycles. The molecule has 0 spiro atoms. The largest absolute Gasteiger partial charge is 0.354 e. The van der Waals surface area contributed by atoms with Crippen molar-refractivity contribution in [2.45, 2.75) is 32.2 Å². The third-order valence-corrected chi connectivity index (χ3v) is 3.05. The van der Waals surface area contributed by atoms with Gasteiger partial charge in [0, 0.05) is 19.1 Å². The number of nitrogens with one attached hydrogen (secondary N) is 2. The lowest BCUT2D eigenvalue weighted by Gasteiger charge is -2.23. The predicted molar refractivity (Wildman–Crippen MR) is 66.4 cm³/mol. The molecule has 1 amide bonds. The average molecular weight is 238 g/mol. The fraction of sp³-hybridized carbons (Fsp3) is 0.833. The molecule has 0 aromatic heterocycles. The van der Waals surface area contributed by atoms with E-state index in [0.717, 1.165) is 6.54 Å². The number of rotatable bonds is 7. The highest BCUT2D eigenvalue weighted by Gasteiger charge is 2.17. The number of likely N-dealkylation sites (tertiary alicyclic amines) is 1. The lowest BCUT2D eigenvalue weighted by molar-refractivity contribution is -0.120. The van der Waals surface area contributed by atoms with Crippen LogP contribution < -0.4 is 10.6 Å². The third-order valence-electron chi connectivity index (χ3n) is 3.05. The van der Waals surface area contributed by atoms with Crippen molar-refractivity contribution in [2.24, 2.45) is 0 Å². The van der Waals surface area contributed by atoms with Crippen molar-refractivity contribution in [1.29, 1.82) is 5.26 Å². The van der Waals surface area contributed by atoms with Crippen molar-refractivity contribution in [1.82, 2.24) is 15.5 Å². The first-order valence-electron chi connectivity index (χ1n) is 6.32. The Balaban J connectivity index is 2.02. The van der Waals surface area contributed by atoms with Crippen LogP contribution in [0, 0.1) is 11.3 Å². The number of amides is 1. The van der Waals surface area contributed by atoms with E-state index in [1.165, 1.54) is 25.9 Å². The van der Waals surface area contributed by atoms with Gasteiger partial charge in [0.1, 0.15) is 0 Å². The highest BCUT2D eigenvalue weighted by molar-refractivity contribution is 5.77. The fourth-order valence-electron chi connectivity index (χ4n) is 2.03. The summed E-state index contributed by atoms with van der Waals surface area (Å²) in [5.74, 6) is -0.0335. The van der Waals surface area contributed by atoms with E-state index >= 15 is 0 Å². The predicted octanol–water partition coefficient (Wildman–Crippen LogP) is 0.0902. The van der Waals surface area contributed by atoms with Crippen LogP contribution in [0.4, 0.5) is 0 Å². The second-order valence-corrected chi connectivity index (χ2v) is 4.48. The van der Waals surface area contributed by atoms with E-state index in [1.54, 1.807) is 0 Å². The van der Waals surface area contributed by atoms with E-state index < -0.39 is 0 Å². The molecule has 0 bridgehead atoms. The van der Waals surface area contributed by atoms with Crippen LogP contribution in [0.25, 0.3) is 0 Å².